The number of para-hydroxylation sites is 1. The van der Waals surface area contributed by atoms with Crippen LogP contribution in [0.2, 0.25) is 0 Å². The first-order valence-corrected chi connectivity index (χ1v) is 6.38. The SMILES string of the molecule is O=C1CN(c2cccc([N+](=O)[O-])n2)C(=O)c2ccccc2N1. The number of hydrogen-bond acceptors (Lipinski definition) is 5. The van der Waals surface area contributed by atoms with Gasteiger partial charge in [0.05, 0.1) is 11.3 Å². The lowest BCUT2D eigenvalue weighted by molar-refractivity contribution is -0.389. The second-order valence-corrected chi connectivity index (χ2v) is 4.60. The molecule has 1 N–H and O–H groups in total. The van der Waals surface area contributed by atoms with Gasteiger partial charge < -0.3 is 15.4 Å². The van der Waals surface area contributed by atoms with Gasteiger partial charge in [-0.3, -0.25) is 14.5 Å². The standard InChI is InChI=1S/C14H10N4O4/c19-13-8-17(11-6-3-7-12(16-11)18(21)22)14(20)9-4-1-2-5-10(9)15-13/h1-7H,8H2,(H,15,19). The number of amides is 2. The Balaban J connectivity index is 2.07. The Bertz CT molecular complexity index is 790. The minimum Gasteiger partial charge on any atom is -0.358 e. The molecule has 0 bridgehead atoms. The van der Waals surface area contributed by atoms with Gasteiger partial charge in [-0.15, -0.1) is 0 Å². The molecule has 1 aliphatic heterocycles. The van der Waals surface area contributed by atoms with E-state index >= 15 is 0 Å². The molecule has 2 aromatic rings. The molecule has 8 heteroatoms. The summed E-state index contributed by atoms with van der Waals surface area (Å²) in [6, 6.07) is 10.7. The van der Waals surface area contributed by atoms with Crippen molar-refractivity contribution in [1.29, 1.82) is 0 Å². The molecule has 22 heavy (non-hydrogen) atoms. The molecule has 2 heterocycles. The van der Waals surface area contributed by atoms with Gasteiger partial charge in [0.25, 0.3) is 11.7 Å². The Hall–Kier alpha value is -3.29. The number of benzene rings is 1. The van der Waals surface area contributed by atoms with Gasteiger partial charge >= 0.3 is 5.82 Å². The van der Waals surface area contributed by atoms with E-state index in [1.54, 1.807) is 24.3 Å². The number of rotatable bonds is 2. The zero-order valence-electron chi connectivity index (χ0n) is 11.2. The predicted octanol–water partition coefficient (Wildman–Crippen LogP) is 1.59. The Morgan fingerprint density at radius 3 is 2.68 bits per heavy atom. The zero-order valence-corrected chi connectivity index (χ0v) is 11.2. The smallest absolute Gasteiger partial charge is 0.358 e. The van der Waals surface area contributed by atoms with Crippen molar-refractivity contribution in [2.45, 2.75) is 0 Å². The van der Waals surface area contributed by atoms with E-state index in [1.165, 1.54) is 18.2 Å². The molecule has 0 unspecified atom stereocenters. The topological polar surface area (TPSA) is 105 Å². The fourth-order valence-corrected chi connectivity index (χ4v) is 2.18. The first kappa shape index (κ1) is 13.7. The van der Waals surface area contributed by atoms with Crippen molar-refractivity contribution in [3.63, 3.8) is 0 Å². The van der Waals surface area contributed by atoms with E-state index in [4.69, 9.17) is 0 Å². The van der Waals surface area contributed by atoms with Gasteiger partial charge in [0, 0.05) is 12.1 Å². The number of nitrogens with one attached hydrogen (secondary N) is 1. The highest BCUT2D eigenvalue weighted by molar-refractivity contribution is 6.16. The average molecular weight is 298 g/mol. The largest absolute Gasteiger partial charge is 0.365 e. The van der Waals surface area contributed by atoms with Gasteiger partial charge in [0.15, 0.2) is 0 Å². The highest BCUT2D eigenvalue weighted by atomic mass is 16.6. The molecule has 3 rings (SSSR count). The van der Waals surface area contributed by atoms with Crippen LogP contribution in [0.5, 0.6) is 0 Å². The third-order valence-corrected chi connectivity index (χ3v) is 3.16. The highest BCUT2D eigenvalue weighted by Gasteiger charge is 2.30. The summed E-state index contributed by atoms with van der Waals surface area (Å²) < 4.78 is 0. The molecule has 1 aliphatic rings. The molecule has 8 nitrogen and oxygen atoms in total. The normalized spacial score (nSPS) is 14.1. The first-order chi connectivity index (χ1) is 10.6. The Kier molecular flexibility index (Phi) is 3.26. The molecule has 0 saturated carbocycles. The van der Waals surface area contributed by atoms with E-state index in [-0.39, 0.29) is 18.2 Å². The summed E-state index contributed by atoms with van der Waals surface area (Å²) in [6.45, 7) is -0.262. The van der Waals surface area contributed by atoms with E-state index in [2.05, 4.69) is 10.3 Å². The molecule has 0 atom stereocenters. The fourth-order valence-electron chi connectivity index (χ4n) is 2.18. The molecule has 2 amide bonds. The number of carbonyl (C=O) groups is 2. The molecule has 0 aliphatic carbocycles. The van der Waals surface area contributed by atoms with Crippen LogP contribution in [0.3, 0.4) is 0 Å². The Labute approximate surface area is 124 Å². The second-order valence-electron chi connectivity index (χ2n) is 4.60. The van der Waals surface area contributed by atoms with Crippen molar-refractivity contribution < 1.29 is 14.5 Å². The van der Waals surface area contributed by atoms with Crippen LogP contribution in [-0.4, -0.2) is 28.3 Å². The van der Waals surface area contributed by atoms with Crippen LogP contribution in [0.4, 0.5) is 17.3 Å². The van der Waals surface area contributed by atoms with Gasteiger partial charge in [-0.05, 0) is 28.1 Å². The van der Waals surface area contributed by atoms with Crippen molar-refractivity contribution in [2.75, 3.05) is 16.8 Å². The number of nitrogens with zero attached hydrogens (tertiary/aromatic N) is 3. The number of aromatic nitrogens is 1. The monoisotopic (exact) mass is 298 g/mol. The van der Waals surface area contributed by atoms with E-state index in [0.717, 1.165) is 4.90 Å². The van der Waals surface area contributed by atoms with Gasteiger partial charge in [-0.25, -0.2) is 0 Å². The number of carbonyl (C=O) groups excluding carboxylic acids is 2. The molecule has 0 fully saturated rings. The van der Waals surface area contributed by atoms with Crippen molar-refractivity contribution in [3.05, 3.63) is 58.1 Å². The minimum atomic E-state index is -0.653. The number of fused-ring (bicyclic) bond motifs is 1. The van der Waals surface area contributed by atoms with Gasteiger partial charge in [-0.2, -0.15) is 0 Å². The quantitative estimate of drug-likeness (QED) is 0.669. The lowest BCUT2D eigenvalue weighted by Gasteiger charge is -2.15. The van der Waals surface area contributed by atoms with E-state index in [1.807, 2.05) is 0 Å². The first-order valence-electron chi connectivity index (χ1n) is 6.38. The van der Waals surface area contributed by atoms with Gasteiger partial charge in [0.1, 0.15) is 6.54 Å². The maximum Gasteiger partial charge on any atom is 0.365 e. The summed E-state index contributed by atoms with van der Waals surface area (Å²) in [4.78, 5) is 39.6. The number of hydrogen-bond donors (Lipinski definition) is 1. The van der Waals surface area contributed by atoms with Crippen LogP contribution in [0, 0.1) is 10.1 Å². The summed E-state index contributed by atoms with van der Waals surface area (Å²) in [5, 5.41) is 13.4. The third kappa shape index (κ3) is 2.37. The number of anilines is 2. The van der Waals surface area contributed by atoms with Crippen molar-refractivity contribution in [3.8, 4) is 0 Å². The van der Waals surface area contributed by atoms with Crippen LogP contribution in [0.15, 0.2) is 42.5 Å². The molecule has 1 aromatic carbocycles. The maximum absolute atomic E-state index is 12.6. The van der Waals surface area contributed by atoms with Crippen LogP contribution in [0.25, 0.3) is 0 Å². The predicted molar refractivity (Wildman–Crippen MR) is 77.6 cm³/mol. The van der Waals surface area contributed by atoms with Crippen LogP contribution in [-0.2, 0) is 4.79 Å². The third-order valence-electron chi connectivity index (χ3n) is 3.16. The van der Waals surface area contributed by atoms with Crippen LogP contribution < -0.4 is 10.2 Å². The van der Waals surface area contributed by atoms with Crippen LogP contribution >= 0.6 is 0 Å². The maximum atomic E-state index is 12.6. The number of nitro groups is 1. The summed E-state index contributed by atoms with van der Waals surface area (Å²) in [6.07, 6.45) is 0. The zero-order chi connectivity index (χ0) is 15.7. The van der Waals surface area contributed by atoms with Crippen molar-refractivity contribution in [1.82, 2.24) is 4.98 Å². The number of pyridine rings is 1. The highest BCUT2D eigenvalue weighted by Crippen LogP contribution is 2.24. The summed E-state index contributed by atoms with van der Waals surface area (Å²) >= 11 is 0. The minimum absolute atomic E-state index is 0.0612. The van der Waals surface area contributed by atoms with Gasteiger partial charge in [0.2, 0.25) is 5.91 Å². The molecular formula is C14H10N4O4. The lowest BCUT2D eigenvalue weighted by Crippen LogP contribution is -2.35. The van der Waals surface area contributed by atoms with E-state index < -0.39 is 16.7 Å². The summed E-state index contributed by atoms with van der Waals surface area (Å²) in [7, 11) is 0. The van der Waals surface area contributed by atoms with E-state index in [9.17, 15) is 19.7 Å². The van der Waals surface area contributed by atoms with E-state index in [0.29, 0.717) is 11.3 Å². The molecule has 0 saturated heterocycles. The molecule has 0 spiro atoms. The summed E-state index contributed by atoms with van der Waals surface area (Å²) in [5.41, 5.74) is 0.715. The van der Waals surface area contributed by atoms with Crippen molar-refractivity contribution >= 4 is 29.1 Å². The Morgan fingerprint density at radius 1 is 1.14 bits per heavy atom. The second kappa shape index (κ2) is 5.24. The van der Waals surface area contributed by atoms with Crippen LogP contribution in [0.1, 0.15) is 10.4 Å². The fraction of sp³-hybridized carbons (Fsp3) is 0.0714. The molecule has 1 aromatic heterocycles. The molecule has 0 radical (unpaired) electrons. The summed E-state index contributed by atoms with van der Waals surface area (Å²) in [5.74, 6) is -1.16. The molecular weight excluding hydrogens is 288 g/mol. The lowest BCUT2D eigenvalue weighted by atomic mass is 10.1. The molecule has 110 valence electrons. The average Bonchev–Trinajstić information content (AvgIpc) is 2.64. The van der Waals surface area contributed by atoms with Gasteiger partial charge in [-0.1, -0.05) is 12.1 Å². The Morgan fingerprint density at radius 2 is 1.91 bits per heavy atom. The van der Waals surface area contributed by atoms with Crippen molar-refractivity contribution in [2.24, 2.45) is 0 Å².